The summed E-state index contributed by atoms with van der Waals surface area (Å²) in [4.78, 5) is 2.49. The molecule has 0 N–H and O–H groups in total. The van der Waals surface area contributed by atoms with Gasteiger partial charge in [0.15, 0.2) is 0 Å². The molecule has 1 saturated heterocycles. The molecule has 116 valence electrons. The molecule has 0 radical (unpaired) electrons. The number of hydrogen-bond donors (Lipinski definition) is 0. The predicted octanol–water partition coefficient (Wildman–Crippen LogP) is 3.58. The molecule has 0 aromatic carbocycles. The topological polar surface area (TPSA) is 34.0 Å². The second kappa shape index (κ2) is 9.11. The van der Waals surface area contributed by atoms with Crippen LogP contribution in [-0.4, -0.2) is 33.0 Å². The van der Waals surface area contributed by atoms with Gasteiger partial charge in [-0.05, 0) is 31.1 Å². The lowest BCUT2D eigenvalue weighted by molar-refractivity contribution is 0.121. The second-order valence-electron chi connectivity index (χ2n) is 5.84. The fourth-order valence-electron chi connectivity index (χ4n) is 2.74. The van der Waals surface area contributed by atoms with E-state index in [0.29, 0.717) is 0 Å². The van der Waals surface area contributed by atoms with Crippen molar-refractivity contribution < 1.29 is 0 Å². The number of likely N-dealkylation sites (tertiary alicyclic amines) is 1. The summed E-state index contributed by atoms with van der Waals surface area (Å²) >= 11 is 0. The Morgan fingerprint density at radius 1 is 1.25 bits per heavy atom. The largest absolute Gasteiger partial charge is 0.284 e. The first-order valence-electron chi connectivity index (χ1n) is 8.30. The predicted molar refractivity (Wildman–Crippen MR) is 84.5 cm³/mol. The van der Waals surface area contributed by atoms with E-state index in [1.807, 2.05) is 18.5 Å². The normalized spacial score (nSPS) is 17.1. The quantitative estimate of drug-likeness (QED) is 0.826. The third-order valence-electron chi connectivity index (χ3n) is 4.01. The zero-order chi connectivity index (χ0) is 15.0. The van der Waals surface area contributed by atoms with Crippen molar-refractivity contribution in [3.8, 4) is 0 Å². The molecule has 20 heavy (non-hydrogen) atoms. The van der Waals surface area contributed by atoms with Crippen LogP contribution in [0.5, 0.6) is 0 Å². The van der Waals surface area contributed by atoms with Crippen LogP contribution in [-0.2, 0) is 13.1 Å². The lowest BCUT2D eigenvalue weighted by Gasteiger charge is -2.33. The maximum absolute atomic E-state index is 4.21. The van der Waals surface area contributed by atoms with Gasteiger partial charge in [0, 0.05) is 19.3 Å². The monoisotopic (exact) mass is 280 g/mol. The summed E-state index contributed by atoms with van der Waals surface area (Å²) in [6.45, 7) is 14.2. The number of aromatic nitrogens is 3. The van der Waals surface area contributed by atoms with Crippen molar-refractivity contribution in [1.82, 2.24) is 19.9 Å². The van der Waals surface area contributed by atoms with Gasteiger partial charge in [0.1, 0.15) is 0 Å². The molecular formula is C16H32N4. The SMILES string of the molecule is CC.CCCc1cn(CN2CCC(C(C)C)CC2)nn1. The van der Waals surface area contributed by atoms with E-state index in [1.165, 1.54) is 25.9 Å². The third-order valence-corrected chi connectivity index (χ3v) is 4.01. The second-order valence-corrected chi connectivity index (χ2v) is 5.84. The number of aryl methyl sites for hydroxylation is 1. The van der Waals surface area contributed by atoms with Gasteiger partial charge < -0.3 is 0 Å². The molecular weight excluding hydrogens is 248 g/mol. The molecule has 1 aromatic heterocycles. The first kappa shape index (κ1) is 17.2. The Hall–Kier alpha value is -0.900. The highest BCUT2D eigenvalue weighted by Crippen LogP contribution is 2.24. The summed E-state index contributed by atoms with van der Waals surface area (Å²) < 4.78 is 1.99. The van der Waals surface area contributed by atoms with Gasteiger partial charge in [-0.15, -0.1) is 5.10 Å². The molecule has 1 aromatic rings. The van der Waals surface area contributed by atoms with Crippen LogP contribution in [0, 0.1) is 11.8 Å². The summed E-state index contributed by atoms with van der Waals surface area (Å²) in [6.07, 6.45) is 6.92. The number of piperidine rings is 1. The van der Waals surface area contributed by atoms with Crippen LogP contribution in [0.2, 0.25) is 0 Å². The minimum absolute atomic E-state index is 0.828. The van der Waals surface area contributed by atoms with Gasteiger partial charge in [-0.3, -0.25) is 4.90 Å². The van der Waals surface area contributed by atoms with Crippen LogP contribution in [0.25, 0.3) is 0 Å². The maximum Gasteiger partial charge on any atom is 0.0946 e. The van der Waals surface area contributed by atoms with Crippen LogP contribution < -0.4 is 0 Å². The molecule has 0 amide bonds. The van der Waals surface area contributed by atoms with Crippen molar-refractivity contribution in [3.63, 3.8) is 0 Å². The molecule has 1 fully saturated rings. The van der Waals surface area contributed by atoms with Crippen LogP contribution in [0.1, 0.15) is 59.6 Å². The Balaban J connectivity index is 0.000000956. The first-order valence-corrected chi connectivity index (χ1v) is 8.30. The Morgan fingerprint density at radius 2 is 1.90 bits per heavy atom. The molecule has 0 spiro atoms. The first-order chi connectivity index (χ1) is 9.69. The van der Waals surface area contributed by atoms with Crippen molar-refractivity contribution in [3.05, 3.63) is 11.9 Å². The van der Waals surface area contributed by atoms with Gasteiger partial charge in [-0.2, -0.15) is 0 Å². The van der Waals surface area contributed by atoms with Gasteiger partial charge in [0.25, 0.3) is 0 Å². The Bertz CT molecular complexity index is 351. The highest BCUT2D eigenvalue weighted by Gasteiger charge is 2.21. The van der Waals surface area contributed by atoms with Crippen LogP contribution in [0.15, 0.2) is 6.20 Å². The fraction of sp³-hybridized carbons (Fsp3) is 0.875. The molecule has 0 bridgehead atoms. The van der Waals surface area contributed by atoms with Gasteiger partial charge in [-0.25, -0.2) is 4.68 Å². The molecule has 0 atom stereocenters. The van der Waals surface area contributed by atoms with Crippen molar-refractivity contribution in [2.45, 2.75) is 67.0 Å². The maximum atomic E-state index is 4.21. The Kier molecular flexibility index (Phi) is 7.82. The van der Waals surface area contributed by atoms with Crippen molar-refractivity contribution in [2.75, 3.05) is 13.1 Å². The molecule has 1 aliphatic heterocycles. The van der Waals surface area contributed by atoms with Crippen LogP contribution in [0.3, 0.4) is 0 Å². The lowest BCUT2D eigenvalue weighted by atomic mass is 9.87. The molecule has 1 aliphatic rings. The molecule has 2 heterocycles. The number of rotatable bonds is 5. The van der Waals surface area contributed by atoms with E-state index >= 15 is 0 Å². The molecule has 0 saturated carbocycles. The average molecular weight is 280 g/mol. The molecule has 2 rings (SSSR count). The molecule has 0 aliphatic carbocycles. The highest BCUT2D eigenvalue weighted by atomic mass is 15.5. The van der Waals surface area contributed by atoms with Crippen molar-refractivity contribution in [2.24, 2.45) is 11.8 Å². The molecule has 4 heteroatoms. The summed E-state index contributed by atoms with van der Waals surface area (Å²) in [5.74, 6) is 1.74. The van der Waals surface area contributed by atoms with Crippen molar-refractivity contribution in [1.29, 1.82) is 0 Å². The minimum atomic E-state index is 0.828. The van der Waals surface area contributed by atoms with E-state index in [1.54, 1.807) is 0 Å². The zero-order valence-electron chi connectivity index (χ0n) is 14.0. The van der Waals surface area contributed by atoms with E-state index in [0.717, 1.165) is 37.0 Å². The third kappa shape index (κ3) is 5.23. The standard InChI is InChI=1S/C14H26N4.C2H6/c1-4-5-14-10-18(16-15-14)11-17-8-6-13(7-9-17)12(2)3;1-2/h10,12-13H,4-9,11H2,1-3H3;1-2H3. The van der Waals surface area contributed by atoms with Gasteiger partial charge in [0.2, 0.25) is 0 Å². The summed E-state index contributed by atoms with van der Waals surface area (Å²) in [6, 6.07) is 0. The van der Waals surface area contributed by atoms with Gasteiger partial charge >= 0.3 is 0 Å². The van der Waals surface area contributed by atoms with E-state index < -0.39 is 0 Å². The fourth-order valence-corrected chi connectivity index (χ4v) is 2.74. The molecule has 0 unspecified atom stereocenters. The highest BCUT2D eigenvalue weighted by molar-refractivity contribution is 4.91. The van der Waals surface area contributed by atoms with E-state index in [-0.39, 0.29) is 0 Å². The van der Waals surface area contributed by atoms with Crippen LogP contribution >= 0.6 is 0 Å². The number of nitrogens with zero attached hydrogens (tertiary/aromatic N) is 4. The summed E-state index contributed by atoms with van der Waals surface area (Å²) in [5, 5.41) is 8.41. The number of hydrogen-bond acceptors (Lipinski definition) is 3. The van der Waals surface area contributed by atoms with Gasteiger partial charge in [0.05, 0.1) is 12.4 Å². The summed E-state index contributed by atoms with van der Waals surface area (Å²) in [7, 11) is 0. The lowest BCUT2D eigenvalue weighted by Crippen LogP contribution is -2.36. The van der Waals surface area contributed by atoms with Crippen molar-refractivity contribution >= 4 is 0 Å². The Labute approximate surface area is 124 Å². The smallest absolute Gasteiger partial charge is 0.0946 e. The van der Waals surface area contributed by atoms with E-state index in [9.17, 15) is 0 Å². The van der Waals surface area contributed by atoms with Crippen LogP contribution in [0.4, 0.5) is 0 Å². The zero-order valence-corrected chi connectivity index (χ0v) is 14.0. The molecule has 4 nitrogen and oxygen atoms in total. The minimum Gasteiger partial charge on any atom is -0.284 e. The van der Waals surface area contributed by atoms with E-state index in [2.05, 4.69) is 42.2 Å². The van der Waals surface area contributed by atoms with E-state index in [4.69, 9.17) is 0 Å². The van der Waals surface area contributed by atoms with Gasteiger partial charge in [-0.1, -0.05) is 46.3 Å². The Morgan fingerprint density at radius 3 is 2.45 bits per heavy atom. The summed E-state index contributed by atoms with van der Waals surface area (Å²) in [5.41, 5.74) is 1.12. The average Bonchev–Trinajstić information content (AvgIpc) is 2.89.